The zero-order chi connectivity index (χ0) is 9.97. The monoisotopic (exact) mass is 196 g/mol. The molecule has 1 aromatic rings. The van der Waals surface area contributed by atoms with E-state index >= 15 is 0 Å². The lowest BCUT2D eigenvalue weighted by Gasteiger charge is -2.14. The first kappa shape index (κ1) is 9.17. The molecule has 0 amide bonds. The molecule has 0 aromatic carbocycles. The zero-order valence-electron chi connectivity index (χ0n) is 7.55. The Morgan fingerprint density at radius 3 is 2.86 bits per heavy atom. The summed E-state index contributed by atoms with van der Waals surface area (Å²) in [5, 5.41) is 20.0. The normalized spacial score (nSPS) is 26.4. The number of hydrogen-bond donors (Lipinski definition) is 3. The number of hydrogen-bond acceptors (Lipinski definition) is 6. The molecule has 6 nitrogen and oxygen atoms in total. The van der Waals surface area contributed by atoms with E-state index in [0.29, 0.717) is 24.8 Å². The van der Waals surface area contributed by atoms with Crippen LogP contribution in [0.4, 0.5) is 11.6 Å². The highest BCUT2D eigenvalue weighted by molar-refractivity contribution is 5.39. The summed E-state index contributed by atoms with van der Waals surface area (Å²) in [6, 6.07) is 3.25. The first-order chi connectivity index (χ1) is 6.75. The molecule has 4 N–H and O–H groups in total. The molecular formula is C8H12N4O2. The van der Waals surface area contributed by atoms with Gasteiger partial charge in [-0.2, -0.15) is 0 Å². The van der Waals surface area contributed by atoms with Crippen LogP contribution in [0.15, 0.2) is 12.1 Å². The van der Waals surface area contributed by atoms with E-state index in [9.17, 15) is 5.11 Å². The van der Waals surface area contributed by atoms with Crippen LogP contribution in [0.25, 0.3) is 0 Å². The molecule has 0 spiro atoms. The van der Waals surface area contributed by atoms with Gasteiger partial charge in [0.1, 0.15) is 11.6 Å². The van der Waals surface area contributed by atoms with E-state index in [1.54, 1.807) is 12.1 Å². The molecule has 2 rings (SSSR count). The van der Waals surface area contributed by atoms with Crippen molar-refractivity contribution in [3.8, 4) is 0 Å². The number of rotatable bonds is 2. The standard InChI is InChI=1S/C8H12N4O2/c9-7-1-2-8(12-11-7)10-5-3-14-4-6(5)13/h1-2,5-6,13H,3-4H2,(H2,9,11)(H,10,12)/t5-,6-/m1/s1. The highest BCUT2D eigenvalue weighted by Crippen LogP contribution is 2.11. The summed E-state index contributed by atoms with van der Waals surface area (Å²) in [5.74, 6) is 0.965. The summed E-state index contributed by atoms with van der Waals surface area (Å²) >= 11 is 0. The van der Waals surface area contributed by atoms with Crippen molar-refractivity contribution in [3.05, 3.63) is 12.1 Å². The lowest BCUT2D eigenvalue weighted by molar-refractivity contribution is 0.125. The van der Waals surface area contributed by atoms with Crippen LogP contribution in [0.5, 0.6) is 0 Å². The smallest absolute Gasteiger partial charge is 0.149 e. The molecule has 0 saturated carbocycles. The first-order valence-corrected chi connectivity index (χ1v) is 4.37. The lowest BCUT2D eigenvalue weighted by Crippen LogP contribution is -2.32. The molecule has 0 unspecified atom stereocenters. The molecule has 2 atom stereocenters. The number of aliphatic hydroxyl groups excluding tert-OH is 1. The molecule has 76 valence electrons. The fourth-order valence-corrected chi connectivity index (χ4v) is 1.29. The van der Waals surface area contributed by atoms with E-state index in [-0.39, 0.29) is 6.04 Å². The van der Waals surface area contributed by atoms with Crippen LogP contribution in [0.3, 0.4) is 0 Å². The summed E-state index contributed by atoms with van der Waals surface area (Å²) in [4.78, 5) is 0. The fourth-order valence-electron chi connectivity index (χ4n) is 1.29. The molecule has 1 aromatic heterocycles. The average molecular weight is 196 g/mol. The first-order valence-electron chi connectivity index (χ1n) is 4.37. The van der Waals surface area contributed by atoms with Crippen molar-refractivity contribution < 1.29 is 9.84 Å². The Kier molecular flexibility index (Phi) is 2.47. The zero-order valence-corrected chi connectivity index (χ0v) is 7.55. The van der Waals surface area contributed by atoms with Crippen LogP contribution in [0, 0.1) is 0 Å². The molecule has 1 saturated heterocycles. The maximum atomic E-state index is 9.44. The molecule has 1 fully saturated rings. The fraction of sp³-hybridized carbons (Fsp3) is 0.500. The van der Waals surface area contributed by atoms with Crippen LogP contribution in [-0.4, -0.2) is 40.7 Å². The number of nitrogens with one attached hydrogen (secondary N) is 1. The quantitative estimate of drug-likeness (QED) is 0.575. The third-order valence-corrected chi connectivity index (χ3v) is 2.07. The van der Waals surface area contributed by atoms with Gasteiger partial charge in [-0.15, -0.1) is 10.2 Å². The molecule has 1 aliphatic heterocycles. The van der Waals surface area contributed by atoms with Crippen LogP contribution in [-0.2, 0) is 4.74 Å². The Hall–Kier alpha value is -1.40. The van der Waals surface area contributed by atoms with Crippen molar-refractivity contribution in [1.82, 2.24) is 10.2 Å². The van der Waals surface area contributed by atoms with Crippen LogP contribution < -0.4 is 11.1 Å². The Labute approximate surface area is 81.1 Å². The molecular weight excluding hydrogens is 184 g/mol. The van der Waals surface area contributed by atoms with Gasteiger partial charge in [-0.3, -0.25) is 0 Å². The number of nitrogens with zero attached hydrogens (tertiary/aromatic N) is 2. The van der Waals surface area contributed by atoms with Gasteiger partial charge in [-0.25, -0.2) is 0 Å². The average Bonchev–Trinajstić information content (AvgIpc) is 2.56. The summed E-state index contributed by atoms with van der Waals surface area (Å²) in [6.45, 7) is 0.841. The number of aromatic nitrogens is 2. The number of anilines is 2. The number of nitrogens with two attached hydrogens (primary N) is 1. The highest BCUT2D eigenvalue weighted by Gasteiger charge is 2.26. The summed E-state index contributed by atoms with van der Waals surface area (Å²) in [7, 11) is 0. The van der Waals surface area contributed by atoms with E-state index in [0.717, 1.165) is 0 Å². The Morgan fingerprint density at radius 1 is 1.43 bits per heavy atom. The molecule has 14 heavy (non-hydrogen) atoms. The van der Waals surface area contributed by atoms with Crippen molar-refractivity contribution in [2.24, 2.45) is 0 Å². The van der Waals surface area contributed by atoms with E-state index in [4.69, 9.17) is 10.5 Å². The highest BCUT2D eigenvalue weighted by atomic mass is 16.5. The molecule has 0 aliphatic carbocycles. The van der Waals surface area contributed by atoms with E-state index in [2.05, 4.69) is 15.5 Å². The largest absolute Gasteiger partial charge is 0.388 e. The number of nitrogen functional groups attached to an aromatic ring is 1. The second-order valence-corrected chi connectivity index (χ2v) is 3.20. The van der Waals surface area contributed by atoms with E-state index < -0.39 is 6.10 Å². The topological polar surface area (TPSA) is 93.3 Å². The number of ether oxygens (including phenoxy) is 1. The predicted octanol–water partition coefficient (Wildman–Crippen LogP) is -0.770. The van der Waals surface area contributed by atoms with Crippen molar-refractivity contribution in [1.29, 1.82) is 0 Å². The van der Waals surface area contributed by atoms with Gasteiger partial charge in [0.05, 0.1) is 25.4 Å². The van der Waals surface area contributed by atoms with Crippen molar-refractivity contribution in [3.63, 3.8) is 0 Å². The Bertz CT molecular complexity index is 303. The van der Waals surface area contributed by atoms with E-state index in [1.165, 1.54) is 0 Å². The summed E-state index contributed by atoms with van der Waals surface area (Å²) in [6.07, 6.45) is -0.491. The Morgan fingerprint density at radius 2 is 2.29 bits per heavy atom. The minimum absolute atomic E-state index is 0.118. The third-order valence-electron chi connectivity index (χ3n) is 2.07. The van der Waals surface area contributed by atoms with E-state index in [1.807, 2.05) is 0 Å². The Balaban J connectivity index is 2.00. The van der Waals surface area contributed by atoms with Crippen LogP contribution >= 0.6 is 0 Å². The minimum atomic E-state index is -0.491. The predicted molar refractivity (Wildman–Crippen MR) is 50.7 cm³/mol. The maximum Gasteiger partial charge on any atom is 0.149 e. The second-order valence-electron chi connectivity index (χ2n) is 3.20. The number of aliphatic hydroxyl groups is 1. The summed E-state index contributed by atoms with van der Waals surface area (Å²) in [5.41, 5.74) is 5.39. The van der Waals surface area contributed by atoms with Gasteiger partial charge in [0.15, 0.2) is 0 Å². The molecule has 0 radical (unpaired) electrons. The minimum Gasteiger partial charge on any atom is -0.388 e. The van der Waals surface area contributed by atoms with Gasteiger partial charge in [0.2, 0.25) is 0 Å². The molecule has 6 heteroatoms. The lowest BCUT2D eigenvalue weighted by atomic mass is 10.2. The van der Waals surface area contributed by atoms with Gasteiger partial charge in [0, 0.05) is 0 Å². The summed E-state index contributed by atoms with van der Waals surface area (Å²) < 4.78 is 5.08. The molecule has 0 bridgehead atoms. The van der Waals surface area contributed by atoms with Crippen molar-refractivity contribution >= 4 is 11.6 Å². The van der Waals surface area contributed by atoms with Gasteiger partial charge < -0.3 is 20.9 Å². The maximum absolute atomic E-state index is 9.44. The molecule has 2 heterocycles. The van der Waals surface area contributed by atoms with Crippen molar-refractivity contribution in [2.75, 3.05) is 24.3 Å². The van der Waals surface area contributed by atoms with Gasteiger partial charge >= 0.3 is 0 Å². The van der Waals surface area contributed by atoms with Gasteiger partial charge in [0.25, 0.3) is 0 Å². The van der Waals surface area contributed by atoms with Crippen LogP contribution in [0.1, 0.15) is 0 Å². The third kappa shape index (κ3) is 1.91. The van der Waals surface area contributed by atoms with Gasteiger partial charge in [-0.05, 0) is 12.1 Å². The molecule has 1 aliphatic rings. The SMILES string of the molecule is Nc1ccc(N[C@@H]2COC[C@H]2O)nn1. The second kappa shape index (κ2) is 3.77. The van der Waals surface area contributed by atoms with Crippen molar-refractivity contribution in [2.45, 2.75) is 12.1 Å². The van der Waals surface area contributed by atoms with Gasteiger partial charge in [-0.1, -0.05) is 0 Å². The van der Waals surface area contributed by atoms with Crippen LogP contribution in [0.2, 0.25) is 0 Å².